The lowest BCUT2D eigenvalue weighted by Gasteiger charge is -2.28. The fourth-order valence-electron chi connectivity index (χ4n) is 4.08. The lowest BCUT2D eigenvalue weighted by Crippen LogP contribution is -2.18. The van der Waals surface area contributed by atoms with Crippen LogP contribution < -0.4 is 0 Å². The van der Waals surface area contributed by atoms with Crippen molar-refractivity contribution in [1.29, 1.82) is 0 Å². The van der Waals surface area contributed by atoms with Crippen LogP contribution in [0.2, 0.25) is 13.1 Å². The summed E-state index contributed by atoms with van der Waals surface area (Å²) in [7, 11) is -0.461. The average molecular weight is 351 g/mol. The zero-order valence-electron chi connectivity index (χ0n) is 17.1. The third-order valence-electron chi connectivity index (χ3n) is 5.20. The van der Waals surface area contributed by atoms with Crippen LogP contribution in [0.4, 0.5) is 0 Å². The van der Waals surface area contributed by atoms with Crippen LogP contribution in [0, 0.1) is 0 Å². The molecule has 0 saturated carbocycles. The van der Waals surface area contributed by atoms with Crippen LogP contribution in [0.25, 0.3) is 16.5 Å². The van der Waals surface area contributed by atoms with Gasteiger partial charge in [-0.15, -0.1) is 0 Å². The lowest BCUT2D eigenvalue weighted by molar-refractivity contribution is 0.580. The molecule has 0 amide bonds. The Hall–Kier alpha value is -1.54. The lowest BCUT2D eigenvalue weighted by atomic mass is 9.76. The highest BCUT2D eigenvalue weighted by molar-refractivity contribution is 6.66. The predicted octanol–water partition coefficient (Wildman–Crippen LogP) is 6.77. The predicted molar refractivity (Wildman–Crippen MR) is 114 cm³/mol. The molecule has 0 saturated heterocycles. The molecule has 3 rings (SSSR count). The molecule has 2 aromatic rings. The molecule has 133 valence electrons. The minimum absolute atomic E-state index is 0.103. The minimum atomic E-state index is -0.461. The molecule has 1 aromatic heterocycles. The molecule has 1 radical (unpaired) electrons. The van der Waals surface area contributed by atoms with Crippen LogP contribution in [-0.4, -0.2) is 13.8 Å². The quantitative estimate of drug-likeness (QED) is 0.575. The van der Waals surface area contributed by atoms with Gasteiger partial charge in [0, 0.05) is 17.1 Å². The smallest absolute Gasteiger partial charge is 0.0795 e. The maximum absolute atomic E-state index is 3.53. The van der Waals surface area contributed by atoms with Crippen molar-refractivity contribution < 1.29 is 0 Å². The van der Waals surface area contributed by atoms with E-state index in [0.29, 0.717) is 0 Å². The summed E-state index contributed by atoms with van der Waals surface area (Å²) in [6, 6.07) is 4.65. The monoisotopic (exact) mass is 350 g/mol. The summed E-state index contributed by atoms with van der Waals surface area (Å²) >= 11 is 0. The molecule has 0 bridgehead atoms. The van der Waals surface area contributed by atoms with Gasteiger partial charge in [-0.1, -0.05) is 78.1 Å². The van der Waals surface area contributed by atoms with Gasteiger partial charge in [-0.2, -0.15) is 0 Å². The number of aromatic amines is 1. The van der Waals surface area contributed by atoms with Crippen molar-refractivity contribution in [3.63, 3.8) is 0 Å². The Kier molecular flexibility index (Phi) is 4.39. The summed E-state index contributed by atoms with van der Waals surface area (Å²) in [6.45, 7) is 18.8. The fraction of sp³-hybridized carbons (Fsp3) is 0.478. The van der Waals surface area contributed by atoms with E-state index in [0.717, 1.165) is 6.42 Å². The number of fused-ring (bicyclic) bond motifs is 1. The summed E-state index contributed by atoms with van der Waals surface area (Å²) < 4.78 is 0. The molecule has 0 spiro atoms. The molecule has 0 aliphatic heterocycles. The Morgan fingerprint density at radius 1 is 0.960 bits per heavy atom. The number of benzene rings is 1. The van der Waals surface area contributed by atoms with E-state index in [9.17, 15) is 0 Å². The normalized spacial score (nSPS) is 15.9. The molecule has 1 heterocycles. The van der Waals surface area contributed by atoms with Gasteiger partial charge in [0.2, 0.25) is 0 Å². The van der Waals surface area contributed by atoms with E-state index in [1.807, 2.05) is 0 Å². The number of allylic oxidation sites excluding steroid dienone is 4. The topological polar surface area (TPSA) is 15.8 Å². The van der Waals surface area contributed by atoms with E-state index in [-0.39, 0.29) is 10.8 Å². The van der Waals surface area contributed by atoms with Crippen LogP contribution in [0.1, 0.15) is 64.7 Å². The molecule has 2 heteroatoms. The summed E-state index contributed by atoms with van der Waals surface area (Å²) in [4.78, 5) is 3.53. The highest BCUT2D eigenvalue weighted by Gasteiger charge is 2.29. The fourth-order valence-corrected chi connectivity index (χ4v) is 5.37. The van der Waals surface area contributed by atoms with Crippen molar-refractivity contribution in [3.05, 3.63) is 52.4 Å². The van der Waals surface area contributed by atoms with Gasteiger partial charge in [-0.05, 0) is 45.6 Å². The Bertz CT molecular complexity index is 864. The number of H-pyrrole nitrogens is 1. The van der Waals surface area contributed by atoms with E-state index in [1.54, 1.807) is 10.8 Å². The Balaban J connectivity index is 2.40. The molecular weight excluding hydrogens is 318 g/mol. The molecule has 1 N–H and O–H groups in total. The Morgan fingerprint density at radius 3 is 2.20 bits per heavy atom. The van der Waals surface area contributed by atoms with Crippen molar-refractivity contribution in [3.8, 4) is 0 Å². The van der Waals surface area contributed by atoms with Crippen LogP contribution >= 0.6 is 0 Å². The first-order chi connectivity index (χ1) is 11.5. The van der Waals surface area contributed by atoms with Gasteiger partial charge in [-0.25, -0.2) is 0 Å². The molecule has 0 unspecified atom stereocenters. The highest BCUT2D eigenvalue weighted by Crippen LogP contribution is 2.43. The molecular formula is C23H32NSi. The first-order valence-electron chi connectivity index (χ1n) is 9.37. The summed E-state index contributed by atoms with van der Waals surface area (Å²) in [5.74, 6) is 0. The SMILES string of the molecule is C[Si](C)C1=C(c2ccc3[nH]cc(C(C)(C)C)c3c2C(C)(C)C)CC=C1. The summed E-state index contributed by atoms with van der Waals surface area (Å²) in [5, 5.41) is 3.04. The first-order valence-corrected chi connectivity index (χ1v) is 11.9. The first kappa shape index (κ1) is 18.3. The number of hydrogen-bond acceptors (Lipinski definition) is 0. The van der Waals surface area contributed by atoms with E-state index >= 15 is 0 Å². The zero-order chi connectivity index (χ0) is 18.6. The standard InChI is InChI=1S/C23H32NSi/c1-22(2,3)17-14-24-18-13-12-16(21(20(17)18)23(4,5)6)15-10-9-11-19(15)25(7)8/h9,11-14,24H,10H2,1-8H3. The van der Waals surface area contributed by atoms with Crippen molar-refractivity contribution in [2.75, 3.05) is 0 Å². The molecule has 1 aliphatic carbocycles. The average Bonchev–Trinajstić information content (AvgIpc) is 3.10. The van der Waals surface area contributed by atoms with Gasteiger partial charge >= 0.3 is 0 Å². The van der Waals surface area contributed by atoms with Crippen LogP contribution in [0.3, 0.4) is 0 Å². The Labute approximate surface area is 154 Å². The van der Waals surface area contributed by atoms with Gasteiger partial charge in [-0.3, -0.25) is 0 Å². The second kappa shape index (κ2) is 6.02. The zero-order valence-corrected chi connectivity index (χ0v) is 18.1. The van der Waals surface area contributed by atoms with Crippen molar-refractivity contribution in [1.82, 2.24) is 4.98 Å². The molecule has 1 aliphatic rings. The van der Waals surface area contributed by atoms with Gasteiger partial charge < -0.3 is 4.98 Å². The van der Waals surface area contributed by atoms with Gasteiger partial charge in [0.1, 0.15) is 0 Å². The van der Waals surface area contributed by atoms with E-state index in [4.69, 9.17) is 0 Å². The van der Waals surface area contributed by atoms with Gasteiger partial charge in [0.15, 0.2) is 0 Å². The van der Waals surface area contributed by atoms with E-state index < -0.39 is 8.80 Å². The van der Waals surface area contributed by atoms with Crippen molar-refractivity contribution in [2.24, 2.45) is 0 Å². The van der Waals surface area contributed by atoms with Crippen LogP contribution in [0.15, 0.2) is 35.7 Å². The van der Waals surface area contributed by atoms with E-state index in [2.05, 4.69) is 90.1 Å². The summed E-state index contributed by atoms with van der Waals surface area (Å²) in [6.07, 6.45) is 8.03. The summed E-state index contributed by atoms with van der Waals surface area (Å²) in [5.41, 5.74) is 7.48. The number of aromatic nitrogens is 1. The second-order valence-electron chi connectivity index (χ2n) is 9.61. The molecule has 25 heavy (non-hydrogen) atoms. The molecule has 0 atom stereocenters. The minimum Gasteiger partial charge on any atom is -0.361 e. The maximum Gasteiger partial charge on any atom is 0.0795 e. The highest BCUT2D eigenvalue weighted by atomic mass is 28.3. The molecule has 1 aromatic carbocycles. The van der Waals surface area contributed by atoms with Crippen LogP contribution in [0.5, 0.6) is 0 Å². The van der Waals surface area contributed by atoms with Crippen molar-refractivity contribution in [2.45, 2.75) is 71.9 Å². The Morgan fingerprint density at radius 2 is 1.64 bits per heavy atom. The third kappa shape index (κ3) is 3.17. The van der Waals surface area contributed by atoms with Crippen LogP contribution in [-0.2, 0) is 10.8 Å². The number of rotatable bonds is 2. The number of hydrogen-bond donors (Lipinski definition) is 1. The van der Waals surface area contributed by atoms with Crippen molar-refractivity contribution >= 4 is 25.3 Å². The third-order valence-corrected chi connectivity index (χ3v) is 6.75. The maximum atomic E-state index is 3.53. The largest absolute Gasteiger partial charge is 0.361 e. The number of nitrogens with one attached hydrogen (secondary N) is 1. The molecule has 0 fully saturated rings. The molecule has 1 nitrogen and oxygen atoms in total. The van der Waals surface area contributed by atoms with E-state index in [1.165, 1.54) is 27.6 Å². The van der Waals surface area contributed by atoms with Gasteiger partial charge in [0.25, 0.3) is 0 Å². The second-order valence-corrected chi connectivity index (χ2v) is 12.2. The van der Waals surface area contributed by atoms with Gasteiger partial charge in [0.05, 0.1) is 8.80 Å².